The monoisotopic (exact) mass is 366 g/mol. The minimum absolute atomic E-state index is 0.0952. The van der Waals surface area contributed by atoms with Gasteiger partial charge >= 0.3 is 0 Å². The van der Waals surface area contributed by atoms with Crippen LogP contribution < -0.4 is 5.32 Å². The Labute approximate surface area is 158 Å². The van der Waals surface area contributed by atoms with Crippen LogP contribution in [-0.4, -0.2) is 28.1 Å². The molecule has 5 nitrogen and oxygen atoms in total. The van der Waals surface area contributed by atoms with E-state index in [0.29, 0.717) is 28.8 Å². The summed E-state index contributed by atoms with van der Waals surface area (Å²) in [5.74, 6) is -0.363. The predicted octanol–water partition coefficient (Wildman–Crippen LogP) is 3.31. The van der Waals surface area contributed by atoms with Crippen molar-refractivity contribution in [3.63, 3.8) is 0 Å². The first-order chi connectivity index (χ1) is 13.0. The number of carbonyl (C=O) groups excluding carboxylic acids is 1. The maximum Gasteiger partial charge on any atom is 0.151 e. The van der Waals surface area contributed by atoms with E-state index in [4.69, 9.17) is 0 Å². The van der Waals surface area contributed by atoms with Crippen LogP contribution in [0.15, 0.2) is 24.3 Å². The number of H-pyrrole nitrogens is 1. The van der Waals surface area contributed by atoms with Gasteiger partial charge in [0.15, 0.2) is 5.78 Å². The lowest BCUT2D eigenvalue weighted by molar-refractivity contribution is -0.122. The Morgan fingerprint density at radius 3 is 2.85 bits per heavy atom. The van der Waals surface area contributed by atoms with Crippen LogP contribution in [0.25, 0.3) is 11.3 Å². The topological polar surface area (TPSA) is 81.6 Å². The van der Waals surface area contributed by atoms with E-state index in [-0.39, 0.29) is 30.5 Å². The largest absolute Gasteiger partial charge is 0.304 e. The van der Waals surface area contributed by atoms with Crippen LogP contribution in [-0.2, 0) is 11.2 Å². The van der Waals surface area contributed by atoms with Crippen LogP contribution in [0.4, 0.5) is 4.39 Å². The number of ketones is 1. The number of piperidine rings is 1. The number of nitriles is 1. The number of aryl methyl sites for hydroxylation is 1. The van der Waals surface area contributed by atoms with Crippen LogP contribution >= 0.6 is 0 Å². The summed E-state index contributed by atoms with van der Waals surface area (Å²) in [6, 6.07) is 9.33. The summed E-state index contributed by atoms with van der Waals surface area (Å²) in [7, 11) is 0. The molecular formula is C21H23FN4O. The zero-order chi connectivity index (χ0) is 19.0. The van der Waals surface area contributed by atoms with Gasteiger partial charge in [0, 0.05) is 23.7 Å². The molecule has 2 heterocycles. The molecule has 1 aliphatic carbocycles. The summed E-state index contributed by atoms with van der Waals surface area (Å²) in [4.78, 5) is 12.6. The number of aromatic amines is 1. The van der Waals surface area contributed by atoms with E-state index >= 15 is 0 Å². The molecule has 0 amide bonds. The summed E-state index contributed by atoms with van der Waals surface area (Å²) in [5, 5.41) is 19.8. The average molecular weight is 366 g/mol. The molecule has 4 atom stereocenters. The highest BCUT2D eigenvalue weighted by molar-refractivity contribution is 5.85. The number of nitrogens with one attached hydrogen (secondary N) is 2. The molecule has 6 heteroatoms. The van der Waals surface area contributed by atoms with Gasteiger partial charge in [-0.05, 0) is 56.2 Å². The highest BCUT2D eigenvalue weighted by atomic mass is 19.1. The van der Waals surface area contributed by atoms with Gasteiger partial charge in [0.25, 0.3) is 0 Å². The van der Waals surface area contributed by atoms with E-state index in [9.17, 15) is 14.4 Å². The van der Waals surface area contributed by atoms with Gasteiger partial charge in [-0.3, -0.25) is 9.89 Å². The van der Waals surface area contributed by atoms with Crippen molar-refractivity contribution in [1.82, 2.24) is 15.5 Å². The van der Waals surface area contributed by atoms with E-state index < -0.39 is 5.92 Å². The molecule has 2 fully saturated rings. The molecule has 0 radical (unpaired) electrons. The van der Waals surface area contributed by atoms with Crippen molar-refractivity contribution in [1.29, 1.82) is 5.26 Å². The predicted molar refractivity (Wildman–Crippen MR) is 99.2 cm³/mol. The zero-order valence-corrected chi connectivity index (χ0v) is 15.3. The van der Waals surface area contributed by atoms with Crippen molar-refractivity contribution in [2.24, 2.45) is 11.8 Å². The van der Waals surface area contributed by atoms with Gasteiger partial charge < -0.3 is 5.32 Å². The minimum atomic E-state index is -0.508. The van der Waals surface area contributed by atoms with Crippen LogP contribution in [0.3, 0.4) is 0 Å². The second-order valence-corrected chi connectivity index (χ2v) is 7.86. The smallest absolute Gasteiger partial charge is 0.151 e. The van der Waals surface area contributed by atoms with Crippen LogP contribution in [0.1, 0.15) is 36.9 Å². The number of halogens is 1. The molecule has 2 N–H and O–H groups in total. The van der Waals surface area contributed by atoms with Gasteiger partial charge in [-0.1, -0.05) is 12.1 Å². The molecule has 1 unspecified atom stereocenters. The van der Waals surface area contributed by atoms with E-state index in [0.717, 1.165) is 25.0 Å². The van der Waals surface area contributed by atoms with Crippen molar-refractivity contribution >= 4 is 5.78 Å². The normalized spacial score (nSPS) is 24.7. The number of hydrogen-bond acceptors (Lipinski definition) is 4. The van der Waals surface area contributed by atoms with Crippen molar-refractivity contribution < 1.29 is 9.18 Å². The second-order valence-electron chi connectivity index (χ2n) is 7.86. The lowest BCUT2D eigenvalue weighted by atomic mass is 9.88. The zero-order valence-electron chi connectivity index (χ0n) is 15.3. The fourth-order valence-corrected chi connectivity index (χ4v) is 4.45. The lowest BCUT2D eigenvalue weighted by Gasteiger charge is -2.22. The number of rotatable bonds is 6. The molecule has 1 aliphatic heterocycles. The molecule has 1 aromatic carbocycles. The van der Waals surface area contributed by atoms with Crippen molar-refractivity contribution in [3.8, 4) is 17.3 Å². The quantitative estimate of drug-likeness (QED) is 0.822. The molecule has 140 valence electrons. The van der Waals surface area contributed by atoms with E-state index in [2.05, 4.69) is 21.6 Å². The molecule has 2 aromatic rings. The third-order valence-electron chi connectivity index (χ3n) is 5.86. The Morgan fingerprint density at radius 2 is 2.26 bits per heavy atom. The highest BCUT2D eigenvalue weighted by Gasteiger charge is 2.42. The maximum atomic E-state index is 14.6. The summed E-state index contributed by atoms with van der Waals surface area (Å²) < 4.78 is 14.6. The maximum absolute atomic E-state index is 14.6. The van der Waals surface area contributed by atoms with Gasteiger partial charge in [0.1, 0.15) is 5.82 Å². The molecular weight excluding hydrogens is 343 g/mol. The molecule has 0 spiro atoms. The Kier molecular flexibility index (Phi) is 4.79. The van der Waals surface area contributed by atoms with E-state index in [1.165, 1.54) is 6.07 Å². The lowest BCUT2D eigenvalue weighted by Crippen LogP contribution is -2.42. The third-order valence-corrected chi connectivity index (χ3v) is 5.86. The second kappa shape index (κ2) is 7.24. The van der Waals surface area contributed by atoms with Crippen LogP contribution in [0, 0.1) is 35.9 Å². The SMILES string of the molecule is Cc1cc(-c2ccc(CC(C#N)CC(=O)[C@H]3N[C@@H]4CC[C@H]3C4)c(F)c2)n[nH]1. The number of Topliss-reactive ketones (excluding diaryl/α,β-unsaturated/α-hetero) is 1. The summed E-state index contributed by atoms with van der Waals surface area (Å²) in [6.07, 6.45) is 3.72. The average Bonchev–Trinajstić information content (AvgIpc) is 3.39. The van der Waals surface area contributed by atoms with Crippen molar-refractivity contribution in [2.75, 3.05) is 0 Å². The number of benzene rings is 1. The van der Waals surface area contributed by atoms with Gasteiger partial charge in [-0.15, -0.1) is 0 Å². The molecule has 27 heavy (non-hydrogen) atoms. The fourth-order valence-electron chi connectivity index (χ4n) is 4.45. The molecule has 2 bridgehead atoms. The van der Waals surface area contributed by atoms with Crippen LogP contribution in [0.5, 0.6) is 0 Å². The van der Waals surface area contributed by atoms with Gasteiger partial charge in [-0.2, -0.15) is 10.4 Å². The number of aromatic nitrogens is 2. The first-order valence-electron chi connectivity index (χ1n) is 9.52. The Morgan fingerprint density at radius 1 is 1.41 bits per heavy atom. The molecule has 2 aliphatic rings. The first-order valence-corrected chi connectivity index (χ1v) is 9.52. The molecule has 1 saturated heterocycles. The Bertz CT molecular complexity index is 900. The molecule has 4 rings (SSSR count). The van der Waals surface area contributed by atoms with E-state index in [1.54, 1.807) is 6.07 Å². The molecule has 1 saturated carbocycles. The summed E-state index contributed by atoms with van der Waals surface area (Å²) in [6.45, 7) is 1.89. The molecule has 1 aromatic heterocycles. The van der Waals surface area contributed by atoms with Gasteiger partial charge in [0.05, 0.1) is 23.7 Å². The van der Waals surface area contributed by atoms with Crippen LogP contribution in [0.2, 0.25) is 0 Å². The number of nitrogens with zero attached hydrogens (tertiary/aromatic N) is 2. The van der Waals surface area contributed by atoms with Gasteiger partial charge in [-0.25, -0.2) is 4.39 Å². The summed E-state index contributed by atoms with van der Waals surface area (Å²) in [5.41, 5.74) is 2.75. The third kappa shape index (κ3) is 3.65. The van der Waals surface area contributed by atoms with Crippen molar-refractivity contribution in [2.45, 2.75) is 51.1 Å². The Hall–Kier alpha value is -2.52. The first kappa shape index (κ1) is 17.9. The number of hydrogen-bond donors (Lipinski definition) is 2. The standard InChI is InChI=1S/C21H23FN4O/c1-12-6-19(26-25-12)15-3-2-14(18(22)10-15)7-13(11-23)8-20(27)21-16-4-5-17(9-16)24-21/h2-3,6,10,13,16-17,21,24H,4-5,7-9H2,1H3,(H,25,26)/t13?,16-,17+,21-/m0/s1. The summed E-state index contributed by atoms with van der Waals surface area (Å²) >= 11 is 0. The fraction of sp³-hybridized carbons (Fsp3) is 0.476. The Balaban J connectivity index is 1.42. The number of carbonyl (C=O) groups is 1. The van der Waals surface area contributed by atoms with Crippen molar-refractivity contribution in [3.05, 3.63) is 41.3 Å². The highest BCUT2D eigenvalue weighted by Crippen LogP contribution is 2.36. The van der Waals surface area contributed by atoms with E-state index in [1.807, 2.05) is 19.1 Å². The van der Waals surface area contributed by atoms with Gasteiger partial charge in [0.2, 0.25) is 0 Å². The minimum Gasteiger partial charge on any atom is -0.304 e. The number of fused-ring (bicyclic) bond motifs is 2.